The summed E-state index contributed by atoms with van der Waals surface area (Å²) in [4.78, 5) is 15.0. The van der Waals surface area contributed by atoms with Gasteiger partial charge in [0, 0.05) is 28.7 Å². The molecule has 0 aromatic heterocycles. The summed E-state index contributed by atoms with van der Waals surface area (Å²) < 4.78 is 40.0. The number of halogens is 5. The lowest BCUT2D eigenvalue weighted by atomic mass is 9.87. The molecule has 186 valence electrons. The molecule has 0 saturated heterocycles. The van der Waals surface area contributed by atoms with Crippen molar-refractivity contribution in [3.05, 3.63) is 105 Å². The molecule has 1 amide bonds. The van der Waals surface area contributed by atoms with Crippen LogP contribution in [0.1, 0.15) is 59.8 Å². The normalized spacial score (nSPS) is 12.0. The molecule has 0 fully saturated rings. The number of hydrogen-bond donors (Lipinski definition) is 0. The van der Waals surface area contributed by atoms with E-state index in [1.54, 1.807) is 17.0 Å². The zero-order chi connectivity index (χ0) is 25.8. The Bertz CT molecular complexity index is 1150. The summed E-state index contributed by atoms with van der Waals surface area (Å²) in [6, 6.07) is 18.4. The van der Waals surface area contributed by atoms with Gasteiger partial charge in [-0.2, -0.15) is 13.2 Å². The minimum atomic E-state index is -4.60. The number of carbonyl (C=O) groups excluding carboxylic acids is 1. The van der Waals surface area contributed by atoms with E-state index < -0.39 is 17.6 Å². The molecule has 3 aromatic rings. The molecular weight excluding hydrogens is 494 g/mol. The molecule has 0 unspecified atom stereocenters. The van der Waals surface area contributed by atoms with Gasteiger partial charge in [-0.25, -0.2) is 0 Å². The lowest BCUT2D eigenvalue weighted by molar-refractivity contribution is -0.137. The molecule has 3 aromatic carbocycles. The number of carbonyl (C=O) groups is 1. The number of amides is 1. The monoisotopic (exact) mass is 521 g/mol. The average molecular weight is 522 g/mol. The van der Waals surface area contributed by atoms with Crippen molar-refractivity contribution in [2.75, 3.05) is 6.54 Å². The quantitative estimate of drug-likeness (QED) is 0.304. The predicted octanol–water partition coefficient (Wildman–Crippen LogP) is 8.58. The van der Waals surface area contributed by atoms with Gasteiger partial charge in [0.05, 0.1) is 5.56 Å². The first-order chi connectivity index (χ1) is 16.3. The van der Waals surface area contributed by atoms with E-state index in [0.29, 0.717) is 24.4 Å². The summed E-state index contributed by atoms with van der Waals surface area (Å²) in [5.74, 6) is -0.492. The second kappa shape index (κ2) is 11.0. The van der Waals surface area contributed by atoms with Gasteiger partial charge in [0.15, 0.2) is 0 Å². The average Bonchev–Trinajstić information content (AvgIpc) is 2.78. The summed E-state index contributed by atoms with van der Waals surface area (Å²) in [7, 11) is 0. The van der Waals surface area contributed by atoms with Crippen molar-refractivity contribution in [2.45, 2.75) is 51.7 Å². The Labute approximate surface area is 214 Å². The van der Waals surface area contributed by atoms with Crippen LogP contribution in [-0.4, -0.2) is 17.4 Å². The van der Waals surface area contributed by atoms with E-state index in [1.165, 1.54) is 6.07 Å². The molecule has 0 spiro atoms. The van der Waals surface area contributed by atoms with Crippen molar-refractivity contribution in [1.29, 1.82) is 0 Å². The number of alkyl halides is 3. The maximum absolute atomic E-state index is 13.4. The molecule has 0 bridgehead atoms. The summed E-state index contributed by atoms with van der Waals surface area (Å²) in [6.45, 7) is 7.00. The van der Waals surface area contributed by atoms with Crippen LogP contribution < -0.4 is 0 Å². The van der Waals surface area contributed by atoms with Gasteiger partial charge >= 0.3 is 6.18 Å². The minimum Gasteiger partial charge on any atom is -0.334 e. The fourth-order valence-corrected chi connectivity index (χ4v) is 4.13. The van der Waals surface area contributed by atoms with E-state index in [1.807, 2.05) is 36.4 Å². The highest BCUT2D eigenvalue weighted by Gasteiger charge is 2.32. The zero-order valence-corrected chi connectivity index (χ0v) is 21.4. The van der Waals surface area contributed by atoms with Gasteiger partial charge in [0.25, 0.3) is 5.91 Å². The van der Waals surface area contributed by atoms with Crippen LogP contribution >= 0.6 is 23.2 Å². The number of hydrogen-bond acceptors (Lipinski definition) is 1. The number of rotatable bonds is 7. The second-order valence-corrected chi connectivity index (χ2v) is 10.5. The van der Waals surface area contributed by atoms with Crippen LogP contribution in [0.15, 0.2) is 66.7 Å². The third-order valence-electron chi connectivity index (χ3n) is 5.76. The first-order valence-corrected chi connectivity index (χ1v) is 12.1. The van der Waals surface area contributed by atoms with E-state index in [-0.39, 0.29) is 22.5 Å². The Balaban J connectivity index is 1.84. The zero-order valence-electron chi connectivity index (χ0n) is 19.9. The summed E-state index contributed by atoms with van der Waals surface area (Å²) in [5, 5.41) is 0.518. The lowest BCUT2D eigenvalue weighted by Gasteiger charge is -2.25. The Kier molecular flexibility index (Phi) is 8.55. The Morgan fingerprint density at radius 3 is 1.97 bits per heavy atom. The largest absolute Gasteiger partial charge is 0.416 e. The molecule has 35 heavy (non-hydrogen) atoms. The van der Waals surface area contributed by atoms with Crippen LogP contribution in [0.5, 0.6) is 0 Å². The van der Waals surface area contributed by atoms with Crippen LogP contribution in [0.2, 0.25) is 10.0 Å². The third kappa shape index (κ3) is 7.74. The Hall–Kier alpha value is -2.50. The van der Waals surface area contributed by atoms with Crippen LogP contribution in [0, 0.1) is 0 Å². The molecule has 0 aliphatic heterocycles. The van der Waals surface area contributed by atoms with E-state index in [9.17, 15) is 18.0 Å². The van der Waals surface area contributed by atoms with Crippen LogP contribution in [-0.2, 0) is 24.6 Å². The van der Waals surface area contributed by atoms with Crippen LogP contribution in [0.4, 0.5) is 13.2 Å². The van der Waals surface area contributed by atoms with Crippen molar-refractivity contribution in [3.8, 4) is 0 Å². The van der Waals surface area contributed by atoms with Gasteiger partial charge in [-0.1, -0.05) is 80.4 Å². The molecule has 0 radical (unpaired) electrons. The second-order valence-electron chi connectivity index (χ2n) is 9.63. The van der Waals surface area contributed by atoms with E-state index in [2.05, 4.69) is 20.8 Å². The number of benzene rings is 3. The molecule has 0 atom stereocenters. The molecule has 0 saturated carbocycles. The highest BCUT2D eigenvalue weighted by atomic mass is 35.5. The fraction of sp³-hybridized carbons (Fsp3) is 0.321. The first kappa shape index (κ1) is 27.1. The maximum Gasteiger partial charge on any atom is 0.416 e. The summed E-state index contributed by atoms with van der Waals surface area (Å²) in [6.07, 6.45) is -3.25. The molecule has 0 aliphatic carbocycles. The summed E-state index contributed by atoms with van der Waals surface area (Å²) in [5.41, 5.74) is 2.09. The molecule has 2 nitrogen and oxygen atoms in total. The van der Waals surface area contributed by atoms with E-state index in [4.69, 9.17) is 23.2 Å². The smallest absolute Gasteiger partial charge is 0.334 e. The topological polar surface area (TPSA) is 20.3 Å². The molecular formula is C28H28Cl2F3NO. The highest BCUT2D eigenvalue weighted by molar-refractivity contribution is 6.31. The van der Waals surface area contributed by atoms with Gasteiger partial charge in [0.1, 0.15) is 0 Å². The van der Waals surface area contributed by atoms with Crippen molar-refractivity contribution in [2.24, 2.45) is 0 Å². The van der Waals surface area contributed by atoms with E-state index in [0.717, 1.165) is 28.8 Å². The van der Waals surface area contributed by atoms with E-state index >= 15 is 0 Å². The highest BCUT2D eigenvalue weighted by Crippen LogP contribution is 2.32. The molecule has 0 N–H and O–H groups in total. The SMILES string of the molecule is CC(C)(C)c1ccc(CN(CCCc2ccc(Cl)cc2)C(=O)c2cc(Cl)cc(C(F)(F)F)c2)cc1. The van der Waals surface area contributed by atoms with Crippen molar-refractivity contribution < 1.29 is 18.0 Å². The van der Waals surface area contributed by atoms with Gasteiger partial charge in [-0.15, -0.1) is 0 Å². The molecule has 3 rings (SSSR count). The number of nitrogens with zero attached hydrogens (tertiary/aromatic N) is 1. The van der Waals surface area contributed by atoms with Crippen molar-refractivity contribution >= 4 is 29.1 Å². The molecule has 7 heteroatoms. The third-order valence-corrected chi connectivity index (χ3v) is 6.23. The molecule has 0 heterocycles. The molecule has 0 aliphatic rings. The van der Waals surface area contributed by atoms with Crippen molar-refractivity contribution in [1.82, 2.24) is 4.90 Å². The van der Waals surface area contributed by atoms with Crippen molar-refractivity contribution in [3.63, 3.8) is 0 Å². The first-order valence-electron chi connectivity index (χ1n) is 11.3. The number of aryl methyl sites for hydroxylation is 1. The minimum absolute atomic E-state index is 0.0125. The van der Waals surface area contributed by atoms with Gasteiger partial charge in [-0.3, -0.25) is 4.79 Å². The maximum atomic E-state index is 13.4. The standard InChI is InChI=1S/C28H28Cl2F3NO/c1-27(2,3)22-10-6-20(7-11-22)18-34(14-4-5-19-8-12-24(29)13-9-19)26(35)21-15-23(28(31,32)33)17-25(30)16-21/h6-13,15-17H,4-5,14,18H2,1-3H3. The van der Waals surface area contributed by atoms with Gasteiger partial charge in [0.2, 0.25) is 0 Å². The fourth-order valence-electron chi connectivity index (χ4n) is 3.77. The predicted molar refractivity (Wildman–Crippen MR) is 136 cm³/mol. The van der Waals surface area contributed by atoms with Gasteiger partial charge in [-0.05, 0) is 65.3 Å². The van der Waals surface area contributed by atoms with Gasteiger partial charge < -0.3 is 4.90 Å². The van der Waals surface area contributed by atoms with Crippen LogP contribution in [0.3, 0.4) is 0 Å². The van der Waals surface area contributed by atoms with Crippen LogP contribution in [0.25, 0.3) is 0 Å². The summed E-state index contributed by atoms with van der Waals surface area (Å²) >= 11 is 11.9. The lowest BCUT2D eigenvalue weighted by Crippen LogP contribution is -2.32. The Morgan fingerprint density at radius 1 is 0.800 bits per heavy atom. The Morgan fingerprint density at radius 2 is 1.40 bits per heavy atom.